The van der Waals surface area contributed by atoms with Gasteiger partial charge in [-0.1, -0.05) is 13.0 Å². The molecular weight excluding hydrogens is 254 g/mol. The van der Waals surface area contributed by atoms with Gasteiger partial charge in [-0.3, -0.25) is 0 Å². The number of anilines is 1. The number of imidazole rings is 1. The van der Waals surface area contributed by atoms with Crippen molar-refractivity contribution < 1.29 is 9.90 Å². The van der Waals surface area contributed by atoms with Crippen LogP contribution in [0.3, 0.4) is 0 Å². The first-order valence-corrected chi connectivity index (χ1v) is 6.69. The molecule has 0 aliphatic rings. The molecule has 0 spiro atoms. The highest BCUT2D eigenvalue weighted by molar-refractivity contribution is 5.91. The van der Waals surface area contributed by atoms with Gasteiger partial charge in [0.05, 0.1) is 24.1 Å². The zero-order chi connectivity index (χ0) is 14.5. The molecule has 0 saturated heterocycles. The third kappa shape index (κ3) is 2.99. The summed E-state index contributed by atoms with van der Waals surface area (Å²) in [4.78, 5) is 15.3. The van der Waals surface area contributed by atoms with E-state index in [0.29, 0.717) is 12.1 Å². The van der Waals surface area contributed by atoms with Crippen molar-refractivity contribution in [3.05, 3.63) is 47.5 Å². The number of aromatic carboxylic acids is 1. The monoisotopic (exact) mass is 273 g/mol. The fourth-order valence-corrected chi connectivity index (χ4v) is 2.18. The van der Waals surface area contributed by atoms with Gasteiger partial charge in [-0.2, -0.15) is 0 Å². The van der Waals surface area contributed by atoms with Crippen LogP contribution in [-0.4, -0.2) is 20.6 Å². The molecule has 1 heterocycles. The summed E-state index contributed by atoms with van der Waals surface area (Å²) in [6.45, 7) is 5.50. The first-order valence-electron chi connectivity index (χ1n) is 6.69. The Bertz CT molecular complexity index is 605. The van der Waals surface area contributed by atoms with Gasteiger partial charge in [0, 0.05) is 18.4 Å². The zero-order valence-corrected chi connectivity index (χ0v) is 11.8. The maximum atomic E-state index is 11.1. The Kier molecular flexibility index (Phi) is 4.40. The van der Waals surface area contributed by atoms with Crippen LogP contribution in [0.25, 0.3) is 0 Å². The second kappa shape index (κ2) is 6.23. The van der Waals surface area contributed by atoms with Crippen molar-refractivity contribution in [3.63, 3.8) is 0 Å². The maximum absolute atomic E-state index is 11.1. The summed E-state index contributed by atoms with van der Waals surface area (Å²) >= 11 is 0. The van der Waals surface area contributed by atoms with E-state index in [-0.39, 0.29) is 0 Å². The number of hydrogen-bond acceptors (Lipinski definition) is 3. The van der Waals surface area contributed by atoms with Gasteiger partial charge >= 0.3 is 5.97 Å². The second-order valence-corrected chi connectivity index (χ2v) is 4.72. The van der Waals surface area contributed by atoms with Crippen LogP contribution in [0, 0.1) is 6.92 Å². The molecule has 0 amide bonds. The Morgan fingerprint density at radius 1 is 1.45 bits per heavy atom. The van der Waals surface area contributed by atoms with Crippen molar-refractivity contribution in [3.8, 4) is 0 Å². The minimum Gasteiger partial charge on any atom is -0.478 e. The summed E-state index contributed by atoms with van der Waals surface area (Å²) in [5.41, 5.74) is 3.01. The number of nitrogens with zero attached hydrogens (tertiary/aromatic N) is 2. The number of aromatic nitrogens is 2. The number of hydrogen-bond donors (Lipinski definition) is 2. The molecule has 0 aliphatic heterocycles. The number of aryl methyl sites for hydroxylation is 1. The van der Waals surface area contributed by atoms with Gasteiger partial charge in [0.2, 0.25) is 0 Å². The molecule has 0 unspecified atom stereocenters. The molecule has 106 valence electrons. The highest BCUT2D eigenvalue weighted by atomic mass is 16.4. The van der Waals surface area contributed by atoms with Crippen molar-refractivity contribution >= 4 is 11.7 Å². The minimum atomic E-state index is -0.901. The molecule has 0 fully saturated rings. The van der Waals surface area contributed by atoms with Crippen molar-refractivity contribution in [1.29, 1.82) is 0 Å². The van der Waals surface area contributed by atoms with Crippen LogP contribution in [0.15, 0.2) is 30.7 Å². The lowest BCUT2D eigenvalue weighted by molar-refractivity contribution is 0.0696. The molecule has 2 aromatic rings. The summed E-state index contributed by atoms with van der Waals surface area (Å²) in [5.74, 6) is -0.901. The Balaban J connectivity index is 2.13. The molecule has 0 saturated carbocycles. The average molecular weight is 273 g/mol. The highest BCUT2D eigenvalue weighted by Crippen LogP contribution is 2.19. The third-order valence-corrected chi connectivity index (χ3v) is 3.29. The number of rotatable bonds is 6. The molecule has 0 aliphatic carbocycles. The number of carboxylic acids is 1. The molecule has 0 atom stereocenters. The Labute approximate surface area is 118 Å². The quantitative estimate of drug-likeness (QED) is 0.849. The number of nitrogens with one attached hydrogen (secondary N) is 1. The summed E-state index contributed by atoms with van der Waals surface area (Å²) in [6.07, 6.45) is 4.71. The predicted molar refractivity (Wildman–Crippen MR) is 78.0 cm³/mol. The van der Waals surface area contributed by atoms with Gasteiger partial charge in [-0.25, -0.2) is 9.78 Å². The van der Waals surface area contributed by atoms with Crippen LogP contribution in [0.4, 0.5) is 5.69 Å². The van der Waals surface area contributed by atoms with Crippen LogP contribution >= 0.6 is 0 Å². The lowest BCUT2D eigenvalue weighted by Gasteiger charge is -2.12. The van der Waals surface area contributed by atoms with Crippen molar-refractivity contribution in [2.24, 2.45) is 0 Å². The van der Waals surface area contributed by atoms with Crippen molar-refractivity contribution in [1.82, 2.24) is 9.55 Å². The Morgan fingerprint density at radius 2 is 2.25 bits per heavy atom. The summed E-state index contributed by atoms with van der Waals surface area (Å²) in [7, 11) is 0. The maximum Gasteiger partial charge on any atom is 0.336 e. The molecule has 0 bridgehead atoms. The summed E-state index contributed by atoms with van der Waals surface area (Å²) in [5, 5.41) is 12.4. The number of benzene rings is 1. The molecule has 1 aromatic carbocycles. The van der Waals surface area contributed by atoms with Crippen LogP contribution in [0.1, 0.15) is 35.0 Å². The van der Waals surface area contributed by atoms with Crippen molar-refractivity contribution in [2.45, 2.75) is 33.4 Å². The normalized spacial score (nSPS) is 10.5. The van der Waals surface area contributed by atoms with Crippen LogP contribution in [-0.2, 0) is 13.1 Å². The first kappa shape index (κ1) is 14.1. The van der Waals surface area contributed by atoms with E-state index >= 15 is 0 Å². The molecule has 0 radical (unpaired) electrons. The van der Waals surface area contributed by atoms with Gasteiger partial charge in [-0.15, -0.1) is 0 Å². The highest BCUT2D eigenvalue weighted by Gasteiger charge is 2.10. The SMILES string of the molecule is CCCn1cncc1CNc1cccc(C(=O)O)c1C. The molecular formula is C15H19N3O2. The van der Waals surface area contributed by atoms with Gasteiger partial charge in [0.15, 0.2) is 0 Å². The van der Waals surface area contributed by atoms with E-state index in [4.69, 9.17) is 5.11 Å². The van der Waals surface area contributed by atoms with Gasteiger partial charge in [0.1, 0.15) is 0 Å². The zero-order valence-electron chi connectivity index (χ0n) is 11.8. The lowest BCUT2D eigenvalue weighted by atomic mass is 10.1. The fraction of sp³-hybridized carbons (Fsp3) is 0.333. The van der Waals surface area contributed by atoms with Crippen molar-refractivity contribution in [2.75, 3.05) is 5.32 Å². The summed E-state index contributed by atoms with van der Waals surface area (Å²) < 4.78 is 2.10. The second-order valence-electron chi connectivity index (χ2n) is 4.72. The van der Waals surface area contributed by atoms with Gasteiger partial charge in [-0.05, 0) is 31.0 Å². The lowest BCUT2D eigenvalue weighted by Crippen LogP contribution is -2.09. The van der Waals surface area contributed by atoms with Gasteiger partial charge in [0.25, 0.3) is 0 Å². The van der Waals surface area contributed by atoms with E-state index in [1.807, 2.05) is 25.5 Å². The number of carbonyl (C=O) groups is 1. The van der Waals surface area contributed by atoms with E-state index < -0.39 is 5.97 Å². The fourth-order valence-electron chi connectivity index (χ4n) is 2.18. The molecule has 5 heteroatoms. The molecule has 2 rings (SSSR count). The van der Waals surface area contributed by atoms with Crippen LogP contribution in [0.2, 0.25) is 0 Å². The largest absolute Gasteiger partial charge is 0.478 e. The van der Waals surface area contributed by atoms with E-state index in [1.165, 1.54) is 0 Å². The smallest absolute Gasteiger partial charge is 0.336 e. The predicted octanol–water partition coefficient (Wildman–Crippen LogP) is 2.91. The minimum absolute atomic E-state index is 0.331. The molecule has 20 heavy (non-hydrogen) atoms. The first-order chi connectivity index (χ1) is 9.63. The van der Waals surface area contributed by atoms with E-state index in [1.54, 1.807) is 12.1 Å². The van der Waals surface area contributed by atoms with E-state index in [2.05, 4.69) is 21.8 Å². The van der Waals surface area contributed by atoms with Crippen LogP contribution < -0.4 is 5.32 Å². The Morgan fingerprint density at radius 3 is 2.95 bits per heavy atom. The number of carboxylic acid groups (broad SMARTS) is 1. The third-order valence-electron chi connectivity index (χ3n) is 3.29. The standard InChI is InChI=1S/C15H19N3O2/c1-3-7-18-10-16-8-12(18)9-17-14-6-4-5-13(11(14)2)15(19)20/h4-6,8,10,17H,3,7,9H2,1-2H3,(H,19,20). The Hall–Kier alpha value is -2.30. The van der Waals surface area contributed by atoms with E-state index in [9.17, 15) is 4.79 Å². The van der Waals surface area contributed by atoms with E-state index in [0.717, 1.165) is 29.9 Å². The topological polar surface area (TPSA) is 67.2 Å². The molecule has 5 nitrogen and oxygen atoms in total. The summed E-state index contributed by atoms with van der Waals surface area (Å²) in [6, 6.07) is 5.26. The molecule has 2 N–H and O–H groups in total. The van der Waals surface area contributed by atoms with Crippen LogP contribution in [0.5, 0.6) is 0 Å². The van der Waals surface area contributed by atoms with Gasteiger partial charge < -0.3 is 15.0 Å². The average Bonchev–Trinajstić information content (AvgIpc) is 2.85. The molecule has 1 aromatic heterocycles.